The Balaban J connectivity index is 1.64. The lowest BCUT2D eigenvalue weighted by Gasteiger charge is -2.26. The van der Waals surface area contributed by atoms with E-state index in [9.17, 15) is 4.79 Å². The lowest BCUT2D eigenvalue weighted by Crippen LogP contribution is -2.39. The molecule has 1 aliphatic heterocycles. The van der Waals surface area contributed by atoms with Crippen molar-refractivity contribution in [2.45, 2.75) is 38.4 Å². The summed E-state index contributed by atoms with van der Waals surface area (Å²) in [6, 6.07) is 3.53. The fourth-order valence-electron chi connectivity index (χ4n) is 3.31. The maximum Gasteiger partial charge on any atom is 0.242 e. The van der Waals surface area contributed by atoms with E-state index in [-0.39, 0.29) is 11.9 Å². The normalized spacial score (nSPS) is 15.9. The minimum absolute atomic E-state index is 0.0219. The van der Waals surface area contributed by atoms with Crippen LogP contribution in [0.15, 0.2) is 30.9 Å². The number of carbonyl (C=O) groups excluding carboxylic acids is 1. The summed E-state index contributed by atoms with van der Waals surface area (Å²) in [6.07, 6.45) is 8.31. The Kier molecular flexibility index (Phi) is 6.68. The van der Waals surface area contributed by atoms with Crippen molar-refractivity contribution < 1.29 is 9.53 Å². The highest BCUT2D eigenvalue weighted by atomic mass is 16.5. The maximum atomic E-state index is 12.9. The molecular weight excluding hydrogens is 332 g/mol. The first kappa shape index (κ1) is 18.5. The second-order valence-electron chi connectivity index (χ2n) is 6.44. The summed E-state index contributed by atoms with van der Waals surface area (Å²) in [5.41, 5.74) is 0.925. The van der Waals surface area contributed by atoms with Crippen LogP contribution in [0.4, 0.5) is 0 Å². The van der Waals surface area contributed by atoms with E-state index in [1.165, 1.54) is 0 Å². The fraction of sp³-hybridized carbons (Fsp3) is 0.556. The van der Waals surface area contributed by atoms with Gasteiger partial charge in [-0.25, -0.2) is 0 Å². The predicted octanol–water partition coefficient (Wildman–Crippen LogP) is 1.16. The molecule has 1 N–H and O–H groups in total. The first-order chi connectivity index (χ1) is 12.8. The number of nitrogens with zero attached hydrogens (tertiary/aromatic N) is 5. The van der Waals surface area contributed by atoms with Crippen molar-refractivity contribution in [2.24, 2.45) is 0 Å². The van der Waals surface area contributed by atoms with Gasteiger partial charge in [-0.3, -0.25) is 14.7 Å². The molecular formula is C18H26N6O2. The third-order valence-electron chi connectivity index (χ3n) is 4.62. The third-order valence-corrected chi connectivity index (χ3v) is 4.62. The standard InChI is InChI=1S/C18H26N6O2/c1-26-11-5-10-24-14-21-22-16(24)13-20-18(25)17(23-8-2-3-9-23)15-6-4-7-19-12-15/h4,6-7,12,14,17H,2-3,5,8-11,13H2,1H3,(H,20,25)/t17-/m1/s1. The molecule has 0 unspecified atom stereocenters. The molecule has 1 fully saturated rings. The molecule has 1 aliphatic rings. The highest BCUT2D eigenvalue weighted by Gasteiger charge is 2.29. The van der Waals surface area contributed by atoms with Gasteiger partial charge in [0.2, 0.25) is 5.91 Å². The van der Waals surface area contributed by atoms with Crippen LogP contribution < -0.4 is 5.32 Å². The molecule has 1 amide bonds. The van der Waals surface area contributed by atoms with Gasteiger partial charge in [0.05, 0.1) is 6.54 Å². The number of nitrogens with one attached hydrogen (secondary N) is 1. The van der Waals surface area contributed by atoms with E-state index in [0.29, 0.717) is 13.2 Å². The monoisotopic (exact) mass is 358 g/mol. The number of pyridine rings is 1. The van der Waals surface area contributed by atoms with Gasteiger partial charge in [-0.05, 0) is 44.0 Å². The molecule has 1 saturated heterocycles. The minimum Gasteiger partial charge on any atom is -0.385 e. The fourth-order valence-corrected chi connectivity index (χ4v) is 3.31. The third kappa shape index (κ3) is 4.64. The van der Waals surface area contributed by atoms with Crippen molar-refractivity contribution in [3.8, 4) is 0 Å². The van der Waals surface area contributed by atoms with Gasteiger partial charge in [0.25, 0.3) is 0 Å². The first-order valence-corrected chi connectivity index (χ1v) is 9.07. The Morgan fingerprint density at radius 2 is 2.23 bits per heavy atom. The zero-order chi connectivity index (χ0) is 18.2. The summed E-state index contributed by atoms with van der Waals surface area (Å²) in [5.74, 6) is 0.729. The predicted molar refractivity (Wildman–Crippen MR) is 96.1 cm³/mol. The number of rotatable bonds is 9. The summed E-state index contributed by atoms with van der Waals surface area (Å²) < 4.78 is 7.03. The van der Waals surface area contributed by atoms with Gasteiger partial charge >= 0.3 is 0 Å². The highest BCUT2D eigenvalue weighted by molar-refractivity contribution is 5.83. The molecule has 3 rings (SSSR count). The second kappa shape index (κ2) is 9.40. The molecule has 0 bridgehead atoms. The lowest BCUT2D eigenvalue weighted by atomic mass is 10.1. The molecule has 26 heavy (non-hydrogen) atoms. The van der Waals surface area contributed by atoms with E-state index in [1.54, 1.807) is 25.8 Å². The van der Waals surface area contributed by atoms with E-state index in [1.807, 2.05) is 16.7 Å². The van der Waals surface area contributed by atoms with Gasteiger partial charge in [0, 0.05) is 32.7 Å². The summed E-state index contributed by atoms with van der Waals surface area (Å²) in [5, 5.41) is 11.1. The highest BCUT2D eigenvalue weighted by Crippen LogP contribution is 2.24. The number of hydrogen-bond donors (Lipinski definition) is 1. The van der Waals surface area contributed by atoms with Gasteiger partial charge in [0.1, 0.15) is 12.4 Å². The van der Waals surface area contributed by atoms with E-state index < -0.39 is 0 Å². The Labute approximate surface area is 153 Å². The van der Waals surface area contributed by atoms with E-state index in [2.05, 4.69) is 25.4 Å². The van der Waals surface area contributed by atoms with Crippen molar-refractivity contribution in [1.29, 1.82) is 0 Å². The van der Waals surface area contributed by atoms with Crippen LogP contribution in [0.5, 0.6) is 0 Å². The van der Waals surface area contributed by atoms with Crippen molar-refractivity contribution >= 4 is 5.91 Å². The zero-order valence-corrected chi connectivity index (χ0v) is 15.2. The SMILES string of the molecule is COCCCn1cnnc1CNC(=O)[C@@H](c1cccnc1)N1CCCC1. The van der Waals surface area contributed by atoms with Gasteiger partial charge in [0.15, 0.2) is 5.82 Å². The second-order valence-corrected chi connectivity index (χ2v) is 6.44. The van der Waals surface area contributed by atoms with Crippen LogP contribution in [0.3, 0.4) is 0 Å². The Morgan fingerprint density at radius 3 is 2.96 bits per heavy atom. The Hall–Kier alpha value is -2.32. The van der Waals surface area contributed by atoms with Crippen LogP contribution in [-0.4, -0.2) is 57.4 Å². The van der Waals surface area contributed by atoms with Crippen LogP contribution in [0, 0.1) is 0 Å². The minimum atomic E-state index is -0.309. The van der Waals surface area contributed by atoms with Crippen molar-refractivity contribution in [1.82, 2.24) is 30.0 Å². The van der Waals surface area contributed by atoms with Crippen molar-refractivity contribution in [3.05, 3.63) is 42.2 Å². The van der Waals surface area contributed by atoms with E-state index in [0.717, 1.165) is 50.3 Å². The van der Waals surface area contributed by atoms with Gasteiger partial charge in [-0.1, -0.05) is 6.07 Å². The quantitative estimate of drug-likeness (QED) is 0.677. The average molecular weight is 358 g/mol. The summed E-state index contributed by atoms with van der Waals surface area (Å²) >= 11 is 0. The molecule has 0 spiro atoms. The summed E-state index contributed by atoms with van der Waals surface area (Å²) in [4.78, 5) is 19.3. The number of likely N-dealkylation sites (tertiary alicyclic amines) is 1. The largest absolute Gasteiger partial charge is 0.385 e. The lowest BCUT2D eigenvalue weighted by molar-refractivity contribution is -0.126. The van der Waals surface area contributed by atoms with E-state index in [4.69, 9.17) is 4.74 Å². The van der Waals surface area contributed by atoms with Crippen LogP contribution in [0.25, 0.3) is 0 Å². The van der Waals surface area contributed by atoms with Gasteiger partial charge < -0.3 is 14.6 Å². The Bertz CT molecular complexity index is 684. The summed E-state index contributed by atoms with van der Waals surface area (Å²) in [7, 11) is 1.68. The van der Waals surface area contributed by atoms with Gasteiger partial charge in [-0.2, -0.15) is 0 Å². The Morgan fingerprint density at radius 1 is 1.38 bits per heavy atom. The topological polar surface area (TPSA) is 85.2 Å². The number of amides is 1. The molecule has 3 heterocycles. The number of ether oxygens (including phenoxy) is 1. The van der Waals surface area contributed by atoms with Crippen LogP contribution in [0.2, 0.25) is 0 Å². The molecule has 0 aromatic carbocycles. The molecule has 2 aromatic heterocycles. The number of hydrogen-bond acceptors (Lipinski definition) is 6. The number of carbonyl (C=O) groups is 1. The smallest absolute Gasteiger partial charge is 0.242 e. The number of methoxy groups -OCH3 is 1. The van der Waals surface area contributed by atoms with Crippen LogP contribution in [0.1, 0.15) is 36.7 Å². The van der Waals surface area contributed by atoms with Gasteiger partial charge in [-0.15, -0.1) is 10.2 Å². The molecule has 0 radical (unpaired) electrons. The van der Waals surface area contributed by atoms with Crippen molar-refractivity contribution in [3.63, 3.8) is 0 Å². The molecule has 0 aliphatic carbocycles. The molecule has 8 nitrogen and oxygen atoms in total. The number of aryl methyl sites for hydroxylation is 1. The molecule has 0 saturated carbocycles. The van der Waals surface area contributed by atoms with E-state index >= 15 is 0 Å². The molecule has 1 atom stereocenters. The maximum absolute atomic E-state index is 12.9. The van der Waals surface area contributed by atoms with Crippen LogP contribution in [-0.2, 0) is 22.6 Å². The molecule has 2 aromatic rings. The van der Waals surface area contributed by atoms with Crippen LogP contribution >= 0.6 is 0 Å². The van der Waals surface area contributed by atoms with Crippen molar-refractivity contribution in [2.75, 3.05) is 26.8 Å². The number of aromatic nitrogens is 4. The molecule has 8 heteroatoms. The zero-order valence-electron chi connectivity index (χ0n) is 15.2. The average Bonchev–Trinajstić information content (AvgIpc) is 3.34. The molecule has 140 valence electrons. The summed E-state index contributed by atoms with van der Waals surface area (Å²) in [6.45, 7) is 3.67. The first-order valence-electron chi connectivity index (χ1n) is 9.07.